The van der Waals surface area contributed by atoms with Gasteiger partial charge in [0, 0.05) is 52.9 Å². The van der Waals surface area contributed by atoms with Crippen LogP contribution in [0.2, 0.25) is 10.0 Å². The standard InChI is InChI=1S/C27H39ClN4O2.C19H22ClN3O3/c1-6-8-13-31(14-9-7-2)15-10-16-34-21-18-22(27(3,4)5)26(33)25(19-21)32-29-23-12-11-20(28)17-24(23)30-32;1-19(2,3)14-10-13(26-8-4-7-24)11-17(18(14)25)23-21-15-6-5-12(20)9-16(15)22-23/h11-12,17-19,33H,6-10,13-16H2,1-5H3;5-6,9-11,24-25H,4,7-8H2,1-3H3. The van der Waals surface area contributed by atoms with Crippen molar-refractivity contribution in [3.8, 4) is 34.4 Å². The number of hydrogen-bond acceptors (Lipinski definition) is 10. The predicted octanol–water partition coefficient (Wildman–Crippen LogP) is 10.6. The molecule has 0 radical (unpaired) electrons. The Morgan fingerprint density at radius 2 is 0.967 bits per heavy atom. The van der Waals surface area contributed by atoms with E-state index in [1.54, 1.807) is 36.4 Å². The van der Waals surface area contributed by atoms with E-state index in [2.05, 4.69) is 59.9 Å². The number of ether oxygens (including phenoxy) is 2. The molecule has 0 spiro atoms. The summed E-state index contributed by atoms with van der Waals surface area (Å²) in [7, 11) is 0. The van der Waals surface area contributed by atoms with Gasteiger partial charge in [-0.1, -0.05) is 91.4 Å². The van der Waals surface area contributed by atoms with E-state index < -0.39 is 0 Å². The van der Waals surface area contributed by atoms with Gasteiger partial charge in [0.1, 0.15) is 56.4 Å². The molecule has 14 heteroatoms. The highest BCUT2D eigenvalue weighted by atomic mass is 35.5. The normalized spacial score (nSPS) is 12.0. The second kappa shape index (κ2) is 20.8. The zero-order valence-corrected chi connectivity index (χ0v) is 37.8. The van der Waals surface area contributed by atoms with Crippen LogP contribution in [0.1, 0.15) is 105 Å². The third-order valence-electron chi connectivity index (χ3n) is 9.97. The van der Waals surface area contributed by atoms with Crippen molar-refractivity contribution < 1.29 is 24.8 Å². The number of phenols is 2. The summed E-state index contributed by atoms with van der Waals surface area (Å²) in [5.74, 6) is 1.58. The average Bonchev–Trinajstić information content (AvgIpc) is 3.81. The molecule has 0 aliphatic carbocycles. The Morgan fingerprint density at radius 1 is 0.567 bits per heavy atom. The lowest BCUT2D eigenvalue weighted by Gasteiger charge is -2.24. The van der Waals surface area contributed by atoms with Gasteiger partial charge in [-0.2, -0.15) is 0 Å². The van der Waals surface area contributed by atoms with Crippen molar-refractivity contribution in [1.29, 1.82) is 0 Å². The van der Waals surface area contributed by atoms with Crippen molar-refractivity contribution in [2.45, 2.75) is 105 Å². The Hall–Kier alpha value is -4.62. The number of aliphatic hydroxyl groups is 1. The van der Waals surface area contributed by atoms with E-state index in [4.69, 9.17) is 37.8 Å². The quantitative estimate of drug-likeness (QED) is 0.0758. The average molecular weight is 863 g/mol. The van der Waals surface area contributed by atoms with Gasteiger partial charge >= 0.3 is 0 Å². The second-order valence-corrected chi connectivity index (χ2v) is 18.0. The van der Waals surface area contributed by atoms with Crippen LogP contribution < -0.4 is 9.47 Å². The maximum absolute atomic E-state index is 11.1. The van der Waals surface area contributed by atoms with E-state index in [9.17, 15) is 10.2 Å². The molecular formula is C46H61Cl2N7O5. The van der Waals surface area contributed by atoms with E-state index in [1.807, 2.05) is 45.0 Å². The van der Waals surface area contributed by atoms with Crippen molar-refractivity contribution in [3.63, 3.8) is 0 Å². The summed E-state index contributed by atoms with van der Waals surface area (Å²) in [5, 5.41) is 50.0. The number of nitrogens with zero attached hydrogens (tertiary/aromatic N) is 7. The highest BCUT2D eigenvalue weighted by Gasteiger charge is 2.25. The molecule has 2 heterocycles. The van der Waals surface area contributed by atoms with Crippen molar-refractivity contribution in [2.24, 2.45) is 0 Å². The van der Waals surface area contributed by atoms with Gasteiger partial charge in [-0.15, -0.1) is 30.0 Å². The molecular weight excluding hydrogens is 801 g/mol. The summed E-state index contributed by atoms with van der Waals surface area (Å²) in [6.45, 7) is 21.1. The minimum atomic E-state index is -0.301. The van der Waals surface area contributed by atoms with Gasteiger partial charge in [-0.05, 0) is 91.7 Å². The molecule has 0 aliphatic rings. The molecule has 0 unspecified atom stereocenters. The zero-order valence-electron chi connectivity index (χ0n) is 36.3. The highest BCUT2D eigenvalue weighted by molar-refractivity contribution is 6.31. The van der Waals surface area contributed by atoms with Crippen LogP contribution >= 0.6 is 23.2 Å². The first-order chi connectivity index (χ1) is 28.5. The lowest BCUT2D eigenvalue weighted by Crippen LogP contribution is -2.28. The Morgan fingerprint density at radius 3 is 1.37 bits per heavy atom. The van der Waals surface area contributed by atoms with Crippen LogP contribution in [0.5, 0.6) is 23.0 Å². The number of aromatic hydroxyl groups is 2. The summed E-state index contributed by atoms with van der Waals surface area (Å²) in [5.41, 5.74) is 4.60. The molecule has 0 saturated carbocycles. The molecule has 324 valence electrons. The number of hydrogen-bond donors (Lipinski definition) is 3. The predicted molar refractivity (Wildman–Crippen MR) is 242 cm³/mol. The van der Waals surface area contributed by atoms with Crippen LogP contribution in [0.15, 0.2) is 60.7 Å². The molecule has 0 bridgehead atoms. The van der Waals surface area contributed by atoms with Gasteiger partial charge < -0.3 is 29.7 Å². The minimum absolute atomic E-state index is 0.0595. The smallest absolute Gasteiger partial charge is 0.147 e. The molecule has 0 amide bonds. The summed E-state index contributed by atoms with van der Waals surface area (Å²) >= 11 is 12.1. The van der Waals surface area contributed by atoms with Crippen molar-refractivity contribution in [1.82, 2.24) is 34.9 Å². The first kappa shape index (κ1) is 46.4. The van der Waals surface area contributed by atoms with Gasteiger partial charge in [0.25, 0.3) is 0 Å². The Kier molecular flexibility index (Phi) is 16.1. The largest absolute Gasteiger partial charge is 0.505 e. The van der Waals surface area contributed by atoms with Crippen LogP contribution in [0, 0.1) is 0 Å². The molecule has 3 N–H and O–H groups in total. The van der Waals surface area contributed by atoms with Crippen LogP contribution in [-0.2, 0) is 10.8 Å². The summed E-state index contributed by atoms with van der Waals surface area (Å²) < 4.78 is 11.9. The third-order valence-corrected chi connectivity index (χ3v) is 10.4. The van der Waals surface area contributed by atoms with Crippen molar-refractivity contribution in [2.75, 3.05) is 39.5 Å². The van der Waals surface area contributed by atoms with Crippen LogP contribution in [0.3, 0.4) is 0 Å². The fourth-order valence-corrected chi connectivity index (χ4v) is 6.96. The second-order valence-electron chi connectivity index (χ2n) is 17.1. The van der Waals surface area contributed by atoms with E-state index in [-0.39, 0.29) is 28.9 Å². The number of aliphatic hydroxyl groups excluding tert-OH is 1. The topological polar surface area (TPSA) is 144 Å². The minimum Gasteiger partial charge on any atom is -0.505 e. The molecule has 6 rings (SSSR count). The third kappa shape index (κ3) is 12.2. The van der Waals surface area contributed by atoms with Gasteiger partial charge in [-0.3, -0.25) is 0 Å². The number of phenolic OH excluding ortho intramolecular Hbond substituents is 2. The summed E-state index contributed by atoms with van der Waals surface area (Å²) in [6.07, 6.45) is 6.39. The Labute approximate surface area is 364 Å². The molecule has 4 aromatic carbocycles. The monoisotopic (exact) mass is 861 g/mol. The fraction of sp³-hybridized carbons (Fsp3) is 0.478. The van der Waals surface area contributed by atoms with E-state index in [1.165, 1.54) is 35.3 Å². The Balaban J connectivity index is 0.000000236. The number of unbranched alkanes of at least 4 members (excludes halogenated alkanes) is 2. The van der Waals surface area contributed by atoms with E-state index >= 15 is 0 Å². The first-order valence-electron chi connectivity index (χ1n) is 20.9. The number of fused-ring (bicyclic) bond motifs is 2. The van der Waals surface area contributed by atoms with Crippen LogP contribution in [0.25, 0.3) is 33.4 Å². The van der Waals surface area contributed by atoms with Gasteiger partial charge in [0.2, 0.25) is 0 Å². The van der Waals surface area contributed by atoms with Gasteiger partial charge in [-0.25, -0.2) is 0 Å². The maximum atomic E-state index is 11.1. The van der Waals surface area contributed by atoms with E-state index in [0.717, 1.165) is 37.2 Å². The molecule has 60 heavy (non-hydrogen) atoms. The Bertz CT molecular complexity index is 2320. The molecule has 0 atom stereocenters. The lowest BCUT2D eigenvalue weighted by atomic mass is 9.86. The van der Waals surface area contributed by atoms with Gasteiger partial charge in [0.15, 0.2) is 0 Å². The van der Waals surface area contributed by atoms with Gasteiger partial charge in [0.05, 0.1) is 13.2 Å². The van der Waals surface area contributed by atoms with Crippen molar-refractivity contribution in [3.05, 3.63) is 81.8 Å². The molecule has 0 aliphatic heterocycles. The lowest BCUT2D eigenvalue weighted by molar-refractivity contribution is 0.229. The summed E-state index contributed by atoms with van der Waals surface area (Å²) in [4.78, 5) is 5.41. The van der Waals surface area contributed by atoms with Crippen LogP contribution in [0.4, 0.5) is 0 Å². The first-order valence-corrected chi connectivity index (χ1v) is 21.7. The molecule has 2 aromatic heterocycles. The van der Waals surface area contributed by atoms with Crippen LogP contribution in [-0.4, -0.2) is 89.7 Å². The molecule has 12 nitrogen and oxygen atoms in total. The fourth-order valence-electron chi connectivity index (χ4n) is 6.62. The number of benzene rings is 4. The zero-order chi connectivity index (χ0) is 43.6. The molecule has 0 saturated heterocycles. The van der Waals surface area contributed by atoms with Crippen molar-refractivity contribution >= 4 is 45.3 Å². The molecule has 0 fully saturated rings. The SMILES string of the molecule is CC(C)(C)c1cc(OCCCO)cc(-n2nc3ccc(Cl)cc3n2)c1O.CCCCN(CCCC)CCCOc1cc(-n2nc3ccc(Cl)cc3n2)c(O)c(C(C)(C)C)c1. The number of aromatic nitrogens is 6. The number of rotatable bonds is 17. The maximum Gasteiger partial charge on any atom is 0.147 e. The summed E-state index contributed by atoms with van der Waals surface area (Å²) in [6, 6.07) is 17.9. The van der Waals surface area contributed by atoms with E-state index in [0.29, 0.717) is 74.6 Å². The molecule has 6 aromatic rings. The number of halogens is 2. The highest BCUT2D eigenvalue weighted by Crippen LogP contribution is 2.40.